The molecule has 5 rings (SSSR count). The van der Waals surface area contributed by atoms with Crippen molar-refractivity contribution >= 4 is 22.5 Å². The Morgan fingerprint density at radius 2 is 1.71 bits per heavy atom. The van der Waals surface area contributed by atoms with Crippen molar-refractivity contribution in [2.24, 2.45) is 12.8 Å². The summed E-state index contributed by atoms with van der Waals surface area (Å²) in [5, 5.41) is 1.53. The van der Waals surface area contributed by atoms with Gasteiger partial charge in [-0.25, -0.2) is 0 Å². The molecule has 0 aliphatic heterocycles. The number of rotatable bonds is 4. The third-order valence-corrected chi connectivity index (χ3v) is 6.71. The zero-order chi connectivity index (χ0) is 24.6. The molecule has 170 valence electrons. The molecule has 0 radical (unpaired) electrons. The molecule has 2 heterocycles. The monoisotopic (exact) mass is 475 g/mol. The molecule has 0 fully saturated rings. The van der Waals surface area contributed by atoms with E-state index in [1.165, 1.54) is 0 Å². The first-order chi connectivity index (χ1) is 16.9. The number of nitrogens with two attached hydrogens (primary N) is 1. The topological polar surface area (TPSA) is 60.9 Å². The molecule has 0 amide bonds. The molecule has 0 aliphatic rings. The van der Waals surface area contributed by atoms with Crippen molar-refractivity contribution in [3.05, 3.63) is 135 Å². The van der Waals surface area contributed by atoms with Crippen molar-refractivity contribution in [2.75, 3.05) is 0 Å². The molecule has 3 aromatic carbocycles. The molecule has 0 bridgehead atoms. The van der Waals surface area contributed by atoms with Gasteiger partial charge in [0.05, 0.1) is 11.1 Å². The van der Waals surface area contributed by atoms with Crippen LogP contribution < -0.4 is 11.3 Å². The van der Waals surface area contributed by atoms with Crippen LogP contribution in [-0.2, 0) is 12.6 Å². The molecule has 2 aromatic heterocycles. The van der Waals surface area contributed by atoms with Crippen LogP contribution in [0.25, 0.3) is 22.0 Å². The van der Waals surface area contributed by atoms with Gasteiger partial charge in [0.15, 0.2) is 0 Å². The standard InChI is InChI=1S/C30H22ClN3O/c1-3-20-6-4-7-21(16-20)26-18-29(35)34(2)28-14-11-23(17-27(26)28)30(32,24-8-5-15-33-19-24)22-9-12-25(31)13-10-22/h1,4-19H,32H2,2H3/t30-/m1/s1. The van der Waals surface area contributed by atoms with Crippen molar-refractivity contribution < 1.29 is 0 Å². The summed E-state index contributed by atoms with van der Waals surface area (Å²) < 4.78 is 1.64. The Morgan fingerprint density at radius 3 is 2.43 bits per heavy atom. The van der Waals surface area contributed by atoms with Gasteiger partial charge in [-0.1, -0.05) is 53.9 Å². The minimum Gasteiger partial charge on any atom is -0.314 e. The summed E-state index contributed by atoms with van der Waals surface area (Å²) in [7, 11) is 1.77. The van der Waals surface area contributed by atoms with Gasteiger partial charge in [-0.3, -0.25) is 9.78 Å². The molecule has 0 unspecified atom stereocenters. The van der Waals surface area contributed by atoms with E-state index in [9.17, 15) is 4.79 Å². The predicted molar refractivity (Wildman–Crippen MR) is 142 cm³/mol. The SMILES string of the molecule is C#Cc1cccc(-c2cc(=O)n(C)c3ccc([C@](N)(c4ccc(Cl)cc4)c4cccnc4)cc23)c1. The second kappa shape index (κ2) is 8.88. The number of terminal acetylenes is 1. The molecule has 0 spiro atoms. The maximum absolute atomic E-state index is 12.8. The van der Waals surface area contributed by atoms with Crippen LogP contribution in [0.15, 0.2) is 102 Å². The maximum Gasteiger partial charge on any atom is 0.251 e. The zero-order valence-electron chi connectivity index (χ0n) is 19.1. The first-order valence-corrected chi connectivity index (χ1v) is 11.5. The van der Waals surface area contributed by atoms with Crippen LogP contribution in [0.3, 0.4) is 0 Å². The average molecular weight is 476 g/mol. The molecule has 0 aliphatic carbocycles. The second-order valence-corrected chi connectivity index (χ2v) is 8.91. The largest absolute Gasteiger partial charge is 0.314 e. The van der Waals surface area contributed by atoms with Crippen molar-refractivity contribution in [1.29, 1.82) is 0 Å². The van der Waals surface area contributed by atoms with E-state index in [4.69, 9.17) is 23.8 Å². The predicted octanol–water partition coefficient (Wildman–Crippen LogP) is 5.49. The van der Waals surface area contributed by atoms with E-state index in [2.05, 4.69) is 10.9 Å². The number of nitrogens with zero attached hydrogens (tertiary/aromatic N) is 2. The van der Waals surface area contributed by atoms with Crippen molar-refractivity contribution in [3.63, 3.8) is 0 Å². The highest BCUT2D eigenvalue weighted by molar-refractivity contribution is 6.30. The molecular formula is C30H22ClN3O. The van der Waals surface area contributed by atoms with Gasteiger partial charge in [0.25, 0.3) is 5.56 Å². The Balaban J connectivity index is 1.83. The normalized spacial score (nSPS) is 12.7. The lowest BCUT2D eigenvalue weighted by Crippen LogP contribution is -2.39. The van der Waals surface area contributed by atoms with Crippen LogP contribution in [0.1, 0.15) is 22.3 Å². The molecule has 4 nitrogen and oxygen atoms in total. The smallest absolute Gasteiger partial charge is 0.251 e. The van der Waals surface area contributed by atoms with E-state index in [1.54, 1.807) is 30.1 Å². The summed E-state index contributed by atoms with van der Waals surface area (Å²) in [6.45, 7) is 0. The van der Waals surface area contributed by atoms with E-state index >= 15 is 0 Å². The van der Waals surface area contributed by atoms with Crippen molar-refractivity contribution in [1.82, 2.24) is 9.55 Å². The highest BCUT2D eigenvalue weighted by Gasteiger charge is 2.33. The van der Waals surface area contributed by atoms with Gasteiger partial charge in [-0.05, 0) is 70.3 Å². The third-order valence-electron chi connectivity index (χ3n) is 6.46. The summed E-state index contributed by atoms with van der Waals surface area (Å²) >= 11 is 6.18. The maximum atomic E-state index is 12.8. The Labute approximate surface area is 208 Å². The zero-order valence-corrected chi connectivity index (χ0v) is 19.8. The van der Waals surface area contributed by atoms with E-state index < -0.39 is 5.54 Å². The van der Waals surface area contributed by atoms with E-state index in [-0.39, 0.29) is 5.56 Å². The molecule has 35 heavy (non-hydrogen) atoms. The van der Waals surface area contributed by atoms with Gasteiger partial charge < -0.3 is 10.3 Å². The number of halogens is 1. The van der Waals surface area contributed by atoms with Crippen molar-refractivity contribution in [2.45, 2.75) is 5.54 Å². The van der Waals surface area contributed by atoms with E-state index in [1.807, 2.05) is 78.9 Å². The Hall–Kier alpha value is -4.17. The first kappa shape index (κ1) is 22.6. The second-order valence-electron chi connectivity index (χ2n) is 8.47. The lowest BCUT2D eigenvalue weighted by Gasteiger charge is -2.32. The van der Waals surface area contributed by atoms with Crippen LogP contribution in [0.5, 0.6) is 0 Å². The minimum absolute atomic E-state index is 0.102. The van der Waals surface area contributed by atoms with E-state index in [0.29, 0.717) is 5.02 Å². The van der Waals surface area contributed by atoms with Gasteiger partial charge in [0.1, 0.15) is 0 Å². The Morgan fingerprint density at radius 1 is 0.943 bits per heavy atom. The number of aromatic nitrogens is 2. The summed E-state index contributed by atoms with van der Waals surface area (Å²) in [5.41, 5.74) is 11.9. The number of fused-ring (bicyclic) bond motifs is 1. The lowest BCUT2D eigenvalue weighted by atomic mass is 9.78. The van der Waals surface area contributed by atoms with Crippen molar-refractivity contribution in [3.8, 4) is 23.5 Å². The van der Waals surface area contributed by atoms with Gasteiger partial charge in [0.2, 0.25) is 0 Å². The molecule has 0 saturated heterocycles. The fourth-order valence-electron chi connectivity index (χ4n) is 4.53. The number of benzene rings is 3. The Bertz CT molecular complexity index is 1650. The number of aryl methyl sites for hydroxylation is 1. The molecule has 2 N–H and O–H groups in total. The van der Waals surface area contributed by atoms with Crippen LogP contribution >= 0.6 is 11.6 Å². The highest BCUT2D eigenvalue weighted by Crippen LogP contribution is 2.37. The quantitative estimate of drug-likeness (QED) is 0.350. The van der Waals surface area contributed by atoms with Gasteiger partial charge in [0, 0.05) is 41.5 Å². The number of hydrogen-bond acceptors (Lipinski definition) is 3. The minimum atomic E-state index is -1.00. The molecule has 0 saturated carbocycles. The third kappa shape index (κ3) is 3.91. The van der Waals surface area contributed by atoms with Crippen LogP contribution in [0.2, 0.25) is 5.02 Å². The van der Waals surface area contributed by atoms with Crippen LogP contribution in [-0.4, -0.2) is 9.55 Å². The van der Waals surface area contributed by atoms with Crippen LogP contribution in [0.4, 0.5) is 0 Å². The fourth-order valence-corrected chi connectivity index (χ4v) is 4.66. The first-order valence-electron chi connectivity index (χ1n) is 11.1. The Kier molecular flexibility index (Phi) is 5.74. The molecule has 1 atom stereocenters. The summed E-state index contributed by atoms with van der Waals surface area (Å²) in [6.07, 6.45) is 9.13. The number of hydrogen-bond donors (Lipinski definition) is 1. The average Bonchev–Trinajstić information content (AvgIpc) is 2.91. The van der Waals surface area contributed by atoms with Gasteiger partial charge >= 0.3 is 0 Å². The van der Waals surface area contributed by atoms with Gasteiger partial charge in [-0.15, -0.1) is 6.42 Å². The number of pyridine rings is 2. The summed E-state index contributed by atoms with van der Waals surface area (Å²) in [4.78, 5) is 17.1. The lowest BCUT2D eigenvalue weighted by molar-refractivity contribution is 0.650. The molecule has 5 heteroatoms. The fraction of sp³-hybridized carbons (Fsp3) is 0.0667. The summed E-state index contributed by atoms with van der Waals surface area (Å²) in [6, 6.07) is 26.6. The molecule has 5 aromatic rings. The van der Waals surface area contributed by atoms with E-state index in [0.717, 1.165) is 44.3 Å². The van der Waals surface area contributed by atoms with Crippen LogP contribution in [0, 0.1) is 12.3 Å². The summed E-state index contributed by atoms with van der Waals surface area (Å²) in [5.74, 6) is 2.67. The molecular weight excluding hydrogens is 454 g/mol. The van der Waals surface area contributed by atoms with Gasteiger partial charge in [-0.2, -0.15) is 0 Å². The highest BCUT2D eigenvalue weighted by atomic mass is 35.5.